The van der Waals surface area contributed by atoms with Crippen molar-refractivity contribution < 1.29 is 0 Å². The number of fused-ring (bicyclic) bond motifs is 8. The van der Waals surface area contributed by atoms with Gasteiger partial charge >= 0.3 is 0 Å². The van der Waals surface area contributed by atoms with Crippen LogP contribution in [0, 0.1) is 0 Å². The molecule has 0 saturated heterocycles. The number of rotatable bonds is 9. The van der Waals surface area contributed by atoms with E-state index >= 15 is 0 Å². The highest BCUT2D eigenvalue weighted by Crippen LogP contribution is 2.59. The van der Waals surface area contributed by atoms with Crippen molar-refractivity contribution in [1.82, 2.24) is 0 Å². The molecule has 0 saturated carbocycles. The lowest BCUT2D eigenvalue weighted by Gasteiger charge is -2.32. The van der Waals surface area contributed by atoms with E-state index in [9.17, 15) is 0 Å². The van der Waals surface area contributed by atoms with E-state index < -0.39 is 5.41 Å². The highest BCUT2D eigenvalue weighted by atomic mass is 15.1. The largest absolute Gasteiger partial charge is 0.310 e. The zero-order chi connectivity index (χ0) is 38.9. The molecule has 9 aromatic rings. The topological polar surface area (TPSA) is 3.24 Å². The molecule has 0 amide bonds. The van der Waals surface area contributed by atoms with Crippen LogP contribution in [0.4, 0.5) is 17.1 Å². The van der Waals surface area contributed by atoms with Crippen molar-refractivity contribution >= 4 is 38.6 Å². The van der Waals surface area contributed by atoms with Crippen LogP contribution in [-0.4, -0.2) is 0 Å². The summed E-state index contributed by atoms with van der Waals surface area (Å²) in [5.74, 6) is 0. The van der Waals surface area contributed by atoms with Crippen molar-refractivity contribution in [3.05, 3.63) is 260 Å². The van der Waals surface area contributed by atoms with Crippen LogP contribution in [-0.2, 0) is 5.41 Å². The second-order valence-electron chi connectivity index (χ2n) is 14.9. The molecule has 1 unspecified atom stereocenters. The maximum atomic E-state index is 3.96. The van der Waals surface area contributed by atoms with Gasteiger partial charge in [-0.25, -0.2) is 0 Å². The van der Waals surface area contributed by atoms with E-state index in [1.165, 1.54) is 60.5 Å². The Morgan fingerprint density at radius 2 is 0.966 bits per heavy atom. The van der Waals surface area contributed by atoms with Gasteiger partial charge in [0.15, 0.2) is 0 Å². The zero-order valence-corrected chi connectivity index (χ0v) is 32.2. The van der Waals surface area contributed by atoms with Crippen molar-refractivity contribution in [1.29, 1.82) is 0 Å². The Bertz CT molecular complexity index is 2990. The monoisotopic (exact) mass is 739 g/mol. The van der Waals surface area contributed by atoms with Crippen LogP contribution in [0.25, 0.3) is 54.9 Å². The summed E-state index contributed by atoms with van der Waals surface area (Å²) in [5, 5.41) is 5.08. The smallest absolute Gasteiger partial charge is 0.0653 e. The summed E-state index contributed by atoms with van der Waals surface area (Å²) in [5.41, 5.74) is 13.8. The van der Waals surface area contributed by atoms with Crippen LogP contribution < -0.4 is 4.90 Å². The number of hydrogen-bond acceptors (Lipinski definition) is 1. The molecule has 10 rings (SSSR count). The fraction of sp³-hybridized carbons (Fsp3) is 0.0175. The number of nitrogens with zero attached hydrogens (tertiary/aromatic N) is 1. The van der Waals surface area contributed by atoms with Crippen LogP contribution in [0.3, 0.4) is 0 Å². The van der Waals surface area contributed by atoms with E-state index in [-0.39, 0.29) is 0 Å². The molecule has 0 radical (unpaired) electrons. The average molecular weight is 740 g/mol. The third kappa shape index (κ3) is 5.79. The van der Waals surface area contributed by atoms with Crippen molar-refractivity contribution in [3.63, 3.8) is 0 Å². The van der Waals surface area contributed by atoms with Crippen LogP contribution in [0.5, 0.6) is 0 Å². The molecule has 58 heavy (non-hydrogen) atoms. The molecule has 0 heterocycles. The van der Waals surface area contributed by atoms with E-state index in [1.54, 1.807) is 0 Å². The second-order valence-corrected chi connectivity index (χ2v) is 14.9. The van der Waals surface area contributed by atoms with E-state index in [0.717, 1.165) is 28.2 Å². The highest BCUT2D eigenvalue weighted by Gasteiger charge is 2.45. The lowest BCUT2D eigenvalue weighted by Crippen LogP contribution is -2.24. The quantitative estimate of drug-likeness (QED) is 0.105. The summed E-state index contributed by atoms with van der Waals surface area (Å²) in [6, 6.07) is 75.1. The van der Waals surface area contributed by atoms with Crippen molar-refractivity contribution in [2.75, 3.05) is 4.90 Å². The molecule has 1 heteroatoms. The normalized spacial score (nSPS) is 14.6. The number of allylic oxidation sites excluding steroid dienone is 5. The van der Waals surface area contributed by atoms with Gasteiger partial charge < -0.3 is 4.90 Å². The van der Waals surface area contributed by atoms with Crippen LogP contribution >= 0.6 is 0 Å². The molecule has 1 atom stereocenters. The Kier molecular flexibility index (Phi) is 8.97. The summed E-state index contributed by atoms with van der Waals surface area (Å²) in [4.78, 5) is 2.39. The molecule has 1 aliphatic rings. The lowest BCUT2D eigenvalue weighted by atomic mass is 9.70. The molecular formula is C57H41N. The first-order chi connectivity index (χ1) is 28.8. The summed E-state index contributed by atoms with van der Waals surface area (Å²) < 4.78 is 0. The van der Waals surface area contributed by atoms with Crippen LogP contribution in [0.2, 0.25) is 0 Å². The molecule has 0 spiro atoms. The second kappa shape index (κ2) is 14.9. The summed E-state index contributed by atoms with van der Waals surface area (Å²) in [6.07, 6.45) is 10.5. The Labute approximate surface area is 340 Å². The third-order valence-corrected chi connectivity index (χ3v) is 11.7. The van der Waals surface area contributed by atoms with E-state index in [1.807, 2.05) is 12.2 Å². The minimum Gasteiger partial charge on any atom is -0.310 e. The third-order valence-electron chi connectivity index (χ3n) is 11.7. The molecule has 0 aliphatic heterocycles. The summed E-state index contributed by atoms with van der Waals surface area (Å²) >= 11 is 0. The number of para-hydroxylation sites is 2. The minimum atomic E-state index is -0.585. The van der Waals surface area contributed by atoms with Crippen LogP contribution in [0.1, 0.15) is 16.7 Å². The van der Waals surface area contributed by atoms with Gasteiger partial charge in [-0.05, 0) is 102 Å². The maximum Gasteiger partial charge on any atom is 0.0653 e. The number of anilines is 3. The predicted octanol–water partition coefficient (Wildman–Crippen LogP) is 15.4. The Morgan fingerprint density at radius 1 is 0.414 bits per heavy atom. The predicted molar refractivity (Wildman–Crippen MR) is 247 cm³/mol. The standard InChI is InChI=1S/C57H41N/c1-2-3-4-20-39-57(44-23-10-6-11-24-44)53-40-43(35-38-52(53)55-50-30-16-14-28-48(50)49-29-15-17-31-51(49)56(55)57)47-27-18-19-32-54(47)58(45-25-12-7-13-26-45)46-36-33-42(34-37-46)41-21-8-5-9-22-41/h2-40H,1H2/b4-3-,39-20+. The van der Waals surface area contributed by atoms with Gasteiger partial charge in [0.2, 0.25) is 0 Å². The van der Waals surface area contributed by atoms with Gasteiger partial charge in [-0.3, -0.25) is 0 Å². The average Bonchev–Trinajstić information content (AvgIpc) is 3.60. The lowest BCUT2D eigenvalue weighted by molar-refractivity contribution is 0.813. The molecule has 1 nitrogen and oxygen atoms in total. The number of benzene rings is 9. The molecule has 0 bridgehead atoms. The molecule has 9 aromatic carbocycles. The van der Waals surface area contributed by atoms with Gasteiger partial charge in [0.1, 0.15) is 0 Å². The van der Waals surface area contributed by atoms with Crippen molar-refractivity contribution in [3.8, 4) is 33.4 Å². The number of hydrogen-bond donors (Lipinski definition) is 0. The fourth-order valence-corrected chi connectivity index (χ4v) is 9.18. The molecule has 0 N–H and O–H groups in total. The zero-order valence-electron chi connectivity index (χ0n) is 32.2. The molecule has 0 fully saturated rings. The minimum absolute atomic E-state index is 0.585. The van der Waals surface area contributed by atoms with E-state index in [0.29, 0.717) is 0 Å². The van der Waals surface area contributed by atoms with Gasteiger partial charge in [0.05, 0.1) is 11.1 Å². The summed E-state index contributed by atoms with van der Waals surface area (Å²) in [6.45, 7) is 3.96. The van der Waals surface area contributed by atoms with Crippen molar-refractivity contribution in [2.24, 2.45) is 0 Å². The van der Waals surface area contributed by atoms with Crippen LogP contribution in [0.15, 0.2) is 243 Å². The van der Waals surface area contributed by atoms with Crippen molar-refractivity contribution in [2.45, 2.75) is 5.41 Å². The Balaban J connectivity index is 1.23. The van der Waals surface area contributed by atoms with E-state index in [4.69, 9.17) is 0 Å². The fourth-order valence-electron chi connectivity index (χ4n) is 9.18. The molecule has 274 valence electrons. The first kappa shape index (κ1) is 35.0. The van der Waals surface area contributed by atoms with Gasteiger partial charge in [-0.2, -0.15) is 0 Å². The Morgan fingerprint density at radius 3 is 1.69 bits per heavy atom. The van der Waals surface area contributed by atoms with Gasteiger partial charge in [-0.1, -0.05) is 207 Å². The SMILES string of the molecule is C=C/C=C\C=C\C1(c2ccccc2)c2cc(-c3ccccc3N(c3ccccc3)c3ccc(-c4ccccc4)cc3)ccc2-c2c1c1ccccc1c1ccccc21. The van der Waals surface area contributed by atoms with Gasteiger partial charge in [0.25, 0.3) is 0 Å². The molecular weight excluding hydrogens is 699 g/mol. The molecule has 0 aromatic heterocycles. The first-order valence-corrected chi connectivity index (χ1v) is 20.0. The Hall–Kier alpha value is -7.48. The van der Waals surface area contributed by atoms with Gasteiger partial charge in [0, 0.05) is 16.9 Å². The molecule has 1 aliphatic carbocycles. The maximum absolute atomic E-state index is 3.96. The summed E-state index contributed by atoms with van der Waals surface area (Å²) in [7, 11) is 0. The van der Waals surface area contributed by atoms with Gasteiger partial charge in [-0.15, -0.1) is 0 Å². The van der Waals surface area contributed by atoms with E-state index in [2.05, 4.69) is 236 Å². The first-order valence-electron chi connectivity index (χ1n) is 20.0. The highest BCUT2D eigenvalue weighted by molar-refractivity contribution is 6.19.